The minimum absolute atomic E-state index is 0.0114. The van der Waals surface area contributed by atoms with E-state index in [9.17, 15) is 18.8 Å². The number of halogens is 1. The number of amides is 3. The van der Waals surface area contributed by atoms with Gasteiger partial charge in [0.05, 0.1) is 25.7 Å². The molecule has 0 aromatic carbocycles. The summed E-state index contributed by atoms with van der Waals surface area (Å²) in [5, 5.41) is 3.26. The van der Waals surface area contributed by atoms with Crippen LogP contribution in [-0.4, -0.2) is 66.0 Å². The number of nitrogens with one attached hydrogen (secondary N) is 1. The summed E-state index contributed by atoms with van der Waals surface area (Å²) in [5.41, 5.74) is 0.603. The molecule has 2 aliphatic heterocycles. The fourth-order valence-electron chi connectivity index (χ4n) is 2.66. The Bertz CT molecular complexity index is 615. The van der Waals surface area contributed by atoms with Crippen LogP contribution in [0.4, 0.5) is 9.18 Å². The van der Waals surface area contributed by atoms with Crippen molar-refractivity contribution in [3.05, 3.63) is 11.6 Å². The molecule has 24 heavy (non-hydrogen) atoms. The van der Waals surface area contributed by atoms with Gasteiger partial charge in [-0.3, -0.25) is 4.79 Å². The van der Waals surface area contributed by atoms with E-state index >= 15 is 0 Å². The molecule has 0 spiro atoms. The van der Waals surface area contributed by atoms with Crippen molar-refractivity contribution in [1.82, 2.24) is 15.3 Å². The number of carbonyl (C=O) groups excluding carboxylic acids is 3. The van der Waals surface area contributed by atoms with Gasteiger partial charge in [-0.05, 0) is 19.4 Å². The zero-order valence-corrected chi connectivity index (χ0v) is 13.3. The third kappa shape index (κ3) is 3.33. The molecule has 0 unspecified atom stereocenters. The minimum atomic E-state index is -2.42. The van der Waals surface area contributed by atoms with Gasteiger partial charge in [-0.2, -0.15) is 5.06 Å². The average molecular weight is 339 g/mol. The molecule has 2 bridgehead atoms. The largest absolute Gasteiger partial charge is 0.462 e. The number of urea groups is 1. The molecule has 1 N–H and O–H groups in total. The molecule has 1 fully saturated rings. The second-order valence-corrected chi connectivity index (χ2v) is 5.24. The summed E-state index contributed by atoms with van der Waals surface area (Å²) >= 11 is 0. The highest BCUT2D eigenvalue weighted by atomic mass is 19.1. The predicted molar refractivity (Wildman–Crippen MR) is 79.7 cm³/mol. The maximum absolute atomic E-state index is 13.8. The second-order valence-electron chi connectivity index (χ2n) is 5.24. The Morgan fingerprint density at radius 2 is 2.29 bits per heavy atom. The highest BCUT2D eigenvalue weighted by Crippen LogP contribution is 2.30. The maximum Gasteiger partial charge on any atom is 0.370 e. The van der Waals surface area contributed by atoms with Crippen molar-refractivity contribution < 1.29 is 28.3 Å². The third-order valence-electron chi connectivity index (χ3n) is 3.61. The first-order valence-electron chi connectivity index (χ1n) is 7.37. The third-order valence-corrected chi connectivity index (χ3v) is 3.61. The molecule has 130 valence electrons. The monoisotopic (exact) mass is 339 g/mol. The number of hydrogen-bond donors (Lipinski definition) is 1. The van der Waals surface area contributed by atoms with Gasteiger partial charge in [-0.15, -0.1) is 6.42 Å². The normalized spacial score (nSPS) is 23.4. The molecule has 3 atom stereocenters. The average Bonchev–Trinajstić information content (AvgIpc) is 2.78. The van der Waals surface area contributed by atoms with Crippen LogP contribution in [0.25, 0.3) is 0 Å². The highest BCUT2D eigenvalue weighted by molar-refractivity contribution is 5.91. The van der Waals surface area contributed by atoms with Crippen LogP contribution in [0.15, 0.2) is 11.6 Å². The Morgan fingerprint density at radius 3 is 2.92 bits per heavy atom. The van der Waals surface area contributed by atoms with Crippen LogP contribution in [0.1, 0.15) is 13.8 Å². The van der Waals surface area contributed by atoms with Crippen LogP contribution in [0.2, 0.25) is 0 Å². The van der Waals surface area contributed by atoms with Crippen LogP contribution < -0.4 is 5.32 Å². The smallest absolute Gasteiger partial charge is 0.370 e. The van der Waals surface area contributed by atoms with Gasteiger partial charge in [0.25, 0.3) is 0 Å². The number of hydrogen-bond acceptors (Lipinski definition) is 5. The SMILES string of the molecule is C#CCNC(=O)[C@@H]1C(C)=C[C@@H]2CN1C(=O)N2O[C@H](F)C(=O)OCC. The van der Waals surface area contributed by atoms with E-state index in [1.807, 2.05) is 0 Å². The van der Waals surface area contributed by atoms with Gasteiger partial charge >= 0.3 is 18.4 Å². The molecule has 2 heterocycles. The van der Waals surface area contributed by atoms with E-state index in [2.05, 4.69) is 16.0 Å². The number of fused-ring (bicyclic) bond motifs is 2. The standard InChI is InChI=1S/C15H18FN3O5/c1-4-6-17-13(20)11-9(3)7-10-8-18(11)15(22)19(10)24-12(16)14(21)23-5-2/h1,7,10-12H,5-6,8H2,2-3H3,(H,17,20)/t10-,11+,12+/m1/s1. The summed E-state index contributed by atoms with van der Waals surface area (Å²) in [6, 6.07) is -2.15. The summed E-state index contributed by atoms with van der Waals surface area (Å²) in [7, 11) is 0. The lowest BCUT2D eigenvalue weighted by atomic mass is 10.00. The van der Waals surface area contributed by atoms with E-state index in [0.717, 1.165) is 5.06 Å². The van der Waals surface area contributed by atoms with Crippen molar-refractivity contribution in [2.24, 2.45) is 0 Å². The summed E-state index contributed by atoms with van der Waals surface area (Å²) in [6.45, 7) is 3.36. The van der Waals surface area contributed by atoms with Gasteiger partial charge < -0.3 is 15.0 Å². The van der Waals surface area contributed by atoms with Crippen LogP contribution in [0.3, 0.4) is 0 Å². The highest BCUT2D eigenvalue weighted by Gasteiger charge is 2.48. The lowest BCUT2D eigenvalue weighted by molar-refractivity contribution is -0.223. The molecular formula is C15H18FN3O5. The van der Waals surface area contributed by atoms with Gasteiger partial charge in [0.1, 0.15) is 6.04 Å². The molecule has 9 heteroatoms. The van der Waals surface area contributed by atoms with Gasteiger partial charge in [0.2, 0.25) is 5.91 Å². The molecule has 0 aliphatic carbocycles. The first kappa shape index (κ1) is 17.7. The lowest BCUT2D eigenvalue weighted by Gasteiger charge is -2.28. The van der Waals surface area contributed by atoms with Crippen molar-refractivity contribution in [2.75, 3.05) is 19.7 Å². The van der Waals surface area contributed by atoms with Crippen LogP contribution in [-0.2, 0) is 19.2 Å². The number of rotatable bonds is 6. The zero-order chi connectivity index (χ0) is 17.9. The zero-order valence-electron chi connectivity index (χ0n) is 13.3. The molecule has 0 aromatic heterocycles. The number of ether oxygens (including phenoxy) is 1. The molecule has 0 radical (unpaired) electrons. The van der Waals surface area contributed by atoms with Crippen LogP contribution in [0.5, 0.6) is 0 Å². The number of nitrogens with zero attached hydrogens (tertiary/aromatic N) is 2. The first-order chi connectivity index (χ1) is 11.4. The number of esters is 1. The van der Waals surface area contributed by atoms with Crippen molar-refractivity contribution >= 4 is 17.9 Å². The number of terminal acetylenes is 1. The van der Waals surface area contributed by atoms with Gasteiger partial charge in [0, 0.05) is 0 Å². The number of carbonyl (C=O) groups is 3. The summed E-state index contributed by atoms with van der Waals surface area (Å²) < 4.78 is 18.3. The van der Waals surface area contributed by atoms with E-state index in [0.29, 0.717) is 5.57 Å². The Morgan fingerprint density at radius 1 is 1.58 bits per heavy atom. The van der Waals surface area contributed by atoms with Crippen molar-refractivity contribution in [1.29, 1.82) is 0 Å². The van der Waals surface area contributed by atoms with Crippen molar-refractivity contribution in [2.45, 2.75) is 32.3 Å². The van der Waals surface area contributed by atoms with E-state index in [1.165, 1.54) is 11.8 Å². The van der Waals surface area contributed by atoms with E-state index < -0.39 is 36.3 Å². The van der Waals surface area contributed by atoms with Gasteiger partial charge in [0.15, 0.2) is 0 Å². The summed E-state index contributed by atoms with van der Waals surface area (Å²) in [6.07, 6.45) is 4.30. The quantitative estimate of drug-likeness (QED) is 0.417. The molecule has 2 rings (SSSR count). The molecule has 0 aromatic rings. The fraction of sp³-hybridized carbons (Fsp3) is 0.533. The lowest BCUT2D eigenvalue weighted by Crippen LogP contribution is -2.50. The molecule has 3 amide bonds. The van der Waals surface area contributed by atoms with Gasteiger partial charge in [-0.25, -0.2) is 18.8 Å². The van der Waals surface area contributed by atoms with Crippen LogP contribution >= 0.6 is 0 Å². The molecule has 2 aliphatic rings. The second kappa shape index (κ2) is 7.31. The van der Waals surface area contributed by atoms with Gasteiger partial charge in [-0.1, -0.05) is 12.0 Å². The van der Waals surface area contributed by atoms with E-state index in [1.54, 1.807) is 13.0 Å². The minimum Gasteiger partial charge on any atom is -0.462 e. The number of hydroxylamine groups is 2. The Hall–Kier alpha value is -2.60. The summed E-state index contributed by atoms with van der Waals surface area (Å²) in [4.78, 5) is 41.9. The Balaban J connectivity index is 2.11. The molecule has 8 nitrogen and oxygen atoms in total. The Labute approximate surface area is 138 Å². The van der Waals surface area contributed by atoms with Crippen molar-refractivity contribution in [3.63, 3.8) is 0 Å². The predicted octanol–water partition coefficient (Wildman–Crippen LogP) is -0.0392. The van der Waals surface area contributed by atoms with E-state index in [-0.39, 0.29) is 19.7 Å². The number of alkyl halides is 1. The van der Waals surface area contributed by atoms with E-state index in [4.69, 9.17) is 11.3 Å². The Kier molecular flexibility index (Phi) is 5.41. The maximum atomic E-state index is 13.8. The van der Waals surface area contributed by atoms with Crippen LogP contribution in [0, 0.1) is 12.3 Å². The molecular weight excluding hydrogens is 321 g/mol. The first-order valence-corrected chi connectivity index (χ1v) is 7.37. The molecule has 0 saturated carbocycles. The fourth-order valence-corrected chi connectivity index (χ4v) is 2.66. The summed E-state index contributed by atoms with van der Waals surface area (Å²) in [5.74, 6) is 0.626. The molecule has 1 saturated heterocycles. The van der Waals surface area contributed by atoms with Crippen molar-refractivity contribution in [3.8, 4) is 12.3 Å². The topological polar surface area (TPSA) is 88.2 Å².